The number of hydrogen-bond donors (Lipinski definition) is 1. The van der Waals surface area contributed by atoms with Gasteiger partial charge < -0.3 is 5.32 Å². The van der Waals surface area contributed by atoms with Crippen LogP contribution in [-0.2, 0) is 6.54 Å². The largest absolute Gasteiger partial charge is 0.350 e. The minimum Gasteiger partial charge on any atom is -0.350 e. The van der Waals surface area contributed by atoms with E-state index in [2.05, 4.69) is 20.4 Å². The van der Waals surface area contributed by atoms with Gasteiger partial charge in [-0.15, -0.1) is 5.10 Å². The van der Waals surface area contributed by atoms with Crippen molar-refractivity contribution in [3.63, 3.8) is 0 Å². The SMILES string of the molecule is Cc1ccc(-c2nc(NCc3ccccc3Cl)n(C(=O)c3ccncc3)n2)cc1. The first kappa shape index (κ1) is 18.8. The van der Waals surface area contributed by atoms with E-state index in [1.165, 1.54) is 4.68 Å². The molecule has 7 heteroatoms. The number of nitrogens with zero attached hydrogens (tertiary/aromatic N) is 4. The van der Waals surface area contributed by atoms with E-state index in [-0.39, 0.29) is 5.91 Å². The molecule has 0 bridgehead atoms. The highest BCUT2D eigenvalue weighted by molar-refractivity contribution is 6.31. The van der Waals surface area contributed by atoms with Crippen molar-refractivity contribution in [3.8, 4) is 11.4 Å². The van der Waals surface area contributed by atoms with Gasteiger partial charge in [-0.1, -0.05) is 59.6 Å². The van der Waals surface area contributed by atoms with Crippen molar-refractivity contribution in [2.24, 2.45) is 0 Å². The average Bonchev–Trinajstić information content (AvgIpc) is 3.18. The fourth-order valence-electron chi connectivity index (χ4n) is 2.83. The number of carbonyl (C=O) groups is 1. The first-order valence-corrected chi connectivity index (χ1v) is 9.46. The molecule has 0 fully saturated rings. The smallest absolute Gasteiger partial charge is 0.281 e. The first-order chi connectivity index (χ1) is 14.1. The lowest BCUT2D eigenvalue weighted by Gasteiger charge is -2.08. The minimum atomic E-state index is -0.292. The summed E-state index contributed by atoms with van der Waals surface area (Å²) in [5.74, 6) is 0.524. The van der Waals surface area contributed by atoms with Crippen LogP contribution >= 0.6 is 11.6 Å². The molecule has 4 rings (SSSR count). The van der Waals surface area contributed by atoms with Gasteiger partial charge in [-0.25, -0.2) is 0 Å². The predicted molar refractivity (Wildman–Crippen MR) is 113 cm³/mol. The van der Waals surface area contributed by atoms with Crippen molar-refractivity contribution in [1.29, 1.82) is 0 Å². The van der Waals surface area contributed by atoms with Crippen LogP contribution in [0.3, 0.4) is 0 Å². The molecular formula is C22H18ClN5O. The molecule has 0 aliphatic rings. The molecular weight excluding hydrogens is 386 g/mol. The molecule has 0 saturated heterocycles. The molecule has 29 heavy (non-hydrogen) atoms. The predicted octanol–water partition coefficient (Wildman–Crippen LogP) is 4.60. The number of halogens is 1. The molecule has 0 radical (unpaired) electrons. The van der Waals surface area contributed by atoms with Gasteiger partial charge in [0.1, 0.15) is 0 Å². The van der Waals surface area contributed by atoms with E-state index in [0.29, 0.717) is 28.9 Å². The van der Waals surface area contributed by atoms with Gasteiger partial charge in [-0.05, 0) is 30.7 Å². The summed E-state index contributed by atoms with van der Waals surface area (Å²) in [7, 11) is 0. The van der Waals surface area contributed by atoms with Gasteiger partial charge >= 0.3 is 0 Å². The Balaban J connectivity index is 1.70. The second kappa shape index (κ2) is 8.24. The number of pyridine rings is 1. The first-order valence-electron chi connectivity index (χ1n) is 9.08. The van der Waals surface area contributed by atoms with Crippen LogP contribution in [0.2, 0.25) is 5.02 Å². The second-order valence-corrected chi connectivity index (χ2v) is 6.93. The molecule has 0 amide bonds. The Morgan fingerprint density at radius 3 is 2.48 bits per heavy atom. The highest BCUT2D eigenvalue weighted by Crippen LogP contribution is 2.21. The van der Waals surface area contributed by atoms with Gasteiger partial charge in [-0.2, -0.15) is 9.67 Å². The van der Waals surface area contributed by atoms with Gasteiger partial charge in [0.25, 0.3) is 5.91 Å². The molecule has 0 spiro atoms. The fraction of sp³-hybridized carbons (Fsp3) is 0.0909. The van der Waals surface area contributed by atoms with Crippen molar-refractivity contribution in [2.75, 3.05) is 5.32 Å². The average molecular weight is 404 g/mol. The number of benzene rings is 2. The van der Waals surface area contributed by atoms with E-state index in [9.17, 15) is 4.79 Å². The maximum absolute atomic E-state index is 13.0. The highest BCUT2D eigenvalue weighted by atomic mass is 35.5. The Bertz CT molecular complexity index is 1140. The topological polar surface area (TPSA) is 72.7 Å². The summed E-state index contributed by atoms with van der Waals surface area (Å²) < 4.78 is 1.28. The third kappa shape index (κ3) is 4.17. The summed E-state index contributed by atoms with van der Waals surface area (Å²) in [6.45, 7) is 2.43. The van der Waals surface area contributed by atoms with E-state index in [1.54, 1.807) is 24.5 Å². The van der Waals surface area contributed by atoms with Gasteiger partial charge in [0, 0.05) is 35.1 Å². The molecule has 2 aromatic heterocycles. The molecule has 0 saturated carbocycles. The van der Waals surface area contributed by atoms with Gasteiger partial charge in [0.15, 0.2) is 5.82 Å². The number of nitrogens with one attached hydrogen (secondary N) is 1. The Morgan fingerprint density at radius 2 is 1.76 bits per heavy atom. The Kier molecular flexibility index (Phi) is 5.35. The number of hydrogen-bond acceptors (Lipinski definition) is 5. The van der Waals surface area contributed by atoms with Crippen LogP contribution in [0.25, 0.3) is 11.4 Å². The van der Waals surface area contributed by atoms with Gasteiger partial charge in [0.05, 0.1) is 0 Å². The minimum absolute atomic E-state index is 0.292. The zero-order valence-electron chi connectivity index (χ0n) is 15.7. The molecule has 0 unspecified atom stereocenters. The van der Waals surface area contributed by atoms with Crippen LogP contribution in [0.1, 0.15) is 21.5 Å². The van der Waals surface area contributed by atoms with E-state index < -0.39 is 0 Å². The quantitative estimate of drug-likeness (QED) is 0.527. The normalized spacial score (nSPS) is 10.7. The van der Waals surface area contributed by atoms with Crippen LogP contribution in [0.5, 0.6) is 0 Å². The monoisotopic (exact) mass is 403 g/mol. The van der Waals surface area contributed by atoms with Crippen molar-refractivity contribution in [3.05, 3.63) is 94.8 Å². The van der Waals surface area contributed by atoms with Crippen LogP contribution in [0.4, 0.5) is 5.95 Å². The number of aryl methyl sites for hydroxylation is 1. The standard InChI is InChI=1S/C22H18ClN5O/c1-15-6-8-16(9-7-15)20-26-22(25-14-18-4-2-3-5-19(18)23)28(27-20)21(29)17-10-12-24-13-11-17/h2-13H,14H2,1H3,(H,25,26,27). The molecule has 2 heterocycles. The van der Waals surface area contributed by atoms with Gasteiger partial charge in [-0.3, -0.25) is 9.78 Å². The number of rotatable bonds is 5. The molecule has 0 aliphatic carbocycles. The van der Waals surface area contributed by atoms with E-state index in [1.807, 2.05) is 55.5 Å². The van der Waals surface area contributed by atoms with Crippen LogP contribution < -0.4 is 5.32 Å². The fourth-order valence-corrected chi connectivity index (χ4v) is 3.03. The lowest BCUT2D eigenvalue weighted by Crippen LogP contribution is -2.17. The molecule has 0 atom stereocenters. The number of anilines is 1. The third-order valence-corrected chi connectivity index (χ3v) is 4.80. The van der Waals surface area contributed by atoms with Crippen LogP contribution in [0.15, 0.2) is 73.1 Å². The second-order valence-electron chi connectivity index (χ2n) is 6.52. The third-order valence-electron chi connectivity index (χ3n) is 4.43. The lowest BCUT2D eigenvalue weighted by atomic mass is 10.1. The van der Waals surface area contributed by atoms with E-state index >= 15 is 0 Å². The Labute approximate surface area is 173 Å². The van der Waals surface area contributed by atoms with Crippen molar-refractivity contribution in [2.45, 2.75) is 13.5 Å². The summed E-state index contributed by atoms with van der Waals surface area (Å²) in [4.78, 5) is 21.5. The molecule has 144 valence electrons. The van der Waals surface area contributed by atoms with Crippen molar-refractivity contribution < 1.29 is 4.79 Å². The zero-order valence-corrected chi connectivity index (χ0v) is 16.5. The summed E-state index contributed by atoms with van der Waals surface area (Å²) in [5.41, 5.74) is 3.34. The van der Waals surface area contributed by atoms with Crippen molar-refractivity contribution >= 4 is 23.5 Å². The molecule has 0 aliphatic heterocycles. The zero-order chi connectivity index (χ0) is 20.2. The molecule has 1 N–H and O–H groups in total. The van der Waals surface area contributed by atoms with Crippen LogP contribution in [0, 0.1) is 6.92 Å². The molecule has 6 nitrogen and oxygen atoms in total. The molecule has 2 aromatic carbocycles. The summed E-state index contributed by atoms with van der Waals surface area (Å²) in [6, 6.07) is 18.7. The maximum Gasteiger partial charge on any atom is 0.281 e. The Hall–Kier alpha value is -3.51. The number of aromatic nitrogens is 4. The lowest BCUT2D eigenvalue weighted by molar-refractivity contribution is 0.0947. The van der Waals surface area contributed by atoms with E-state index in [4.69, 9.17) is 11.6 Å². The summed E-state index contributed by atoms with van der Waals surface area (Å²) >= 11 is 6.25. The van der Waals surface area contributed by atoms with Gasteiger partial charge in [0.2, 0.25) is 5.95 Å². The highest BCUT2D eigenvalue weighted by Gasteiger charge is 2.19. The maximum atomic E-state index is 13.0. The van der Waals surface area contributed by atoms with E-state index in [0.717, 1.165) is 16.7 Å². The Morgan fingerprint density at radius 1 is 1.03 bits per heavy atom. The number of carbonyl (C=O) groups excluding carboxylic acids is 1. The summed E-state index contributed by atoms with van der Waals surface area (Å²) in [5, 5.41) is 8.30. The summed E-state index contributed by atoms with van der Waals surface area (Å²) in [6.07, 6.45) is 3.14. The van der Waals surface area contributed by atoms with Crippen molar-refractivity contribution in [1.82, 2.24) is 19.7 Å². The molecule has 4 aromatic rings. The van der Waals surface area contributed by atoms with Crippen LogP contribution in [-0.4, -0.2) is 25.7 Å².